The molecule has 0 bridgehead atoms. The Morgan fingerprint density at radius 1 is 1.00 bits per heavy atom. The number of fused-ring (bicyclic) bond motifs is 1. The molecule has 3 aromatic rings. The molecule has 7 heteroatoms. The van der Waals surface area contributed by atoms with E-state index in [1.165, 1.54) is 0 Å². The molecule has 1 aromatic heterocycles. The molecule has 1 aliphatic rings. The van der Waals surface area contributed by atoms with Gasteiger partial charge in [-0.15, -0.1) is 0 Å². The van der Waals surface area contributed by atoms with Gasteiger partial charge in [0.2, 0.25) is 16.0 Å². The lowest BCUT2D eigenvalue weighted by atomic mass is 10.1. The lowest BCUT2D eigenvalue weighted by Gasteiger charge is -2.17. The third kappa shape index (κ3) is 3.59. The van der Waals surface area contributed by atoms with Crippen LogP contribution in [0.2, 0.25) is 0 Å². The third-order valence-electron chi connectivity index (χ3n) is 4.75. The zero-order chi connectivity index (χ0) is 18.0. The Balaban J connectivity index is 1.50. The van der Waals surface area contributed by atoms with E-state index in [1.54, 1.807) is 4.31 Å². The van der Waals surface area contributed by atoms with E-state index in [9.17, 15) is 8.42 Å². The normalized spacial score (nSPS) is 15.5. The van der Waals surface area contributed by atoms with Gasteiger partial charge in [0.25, 0.3) is 0 Å². The molecule has 136 valence electrons. The van der Waals surface area contributed by atoms with E-state index in [4.69, 9.17) is 0 Å². The third-order valence-corrected chi connectivity index (χ3v) is 6.58. The highest BCUT2D eigenvalue weighted by atomic mass is 32.2. The van der Waals surface area contributed by atoms with Crippen molar-refractivity contribution in [1.82, 2.24) is 14.3 Å². The second kappa shape index (κ2) is 7.09. The van der Waals surface area contributed by atoms with Crippen molar-refractivity contribution in [3.8, 4) is 0 Å². The zero-order valence-electron chi connectivity index (χ0n) is 14.5. The van der Waals surface area contributed by atoms with Crippen LogP contribution in [0.1, 0.15) is 24.0 Å². The molecule has 0 radical (unpaired) electrons. The number of sulfonamides is 1. The first-order valence-corrected chi connectivity index (χ1v) is 10.5. The molecule has 0 spiro atoms. The molecule has 1 fully saturated rings. The number of nitrogens with zero attached hydrogens (tertiary/aromatic N) is 2. The molecule has 4 rings (SSSR count). The number of para-hydroxylation sites is 2. The van der Waals surface area contributed by atoms with Crippen molar-refractivity contribution < 1.29 is 8.42 Å². The first-order chi connectivity index (χ1) is 12.6. The predicted molar refractivity (Wildman–Crippen MR) is 103 cm³/mol. The molecule has 0 amide bonds. The highest BCUT2D eigenvalue weighted by Gasteiger charge is 2.26. The molecule has 0 unspecified atom stereocenters. The zero-order valence-corrected chi connectivity index (χ0v) is 15.3. The topological polar surface area (TPSA) is 78.1 Å². The number of imidazole rings is 1. The van der Waals surface area contributed by atoms with E-state index in [0.29, 0.717) is 25.6 Å². The number of rotatable bonds is 6. The maximum Gasteiger partial charge on any atom is 0.218 e. The first-order valence-electron chi connectivity index (χ1n) is 8.85. The fraction of sp³-hybridized carbons (Fsp3) is 0.316. The van der Waals surface area contributed by atoms with Crippen molar-refractivity contribution in [2.45, 2.75) is 25.1 Å². The van der Waals surface area contributed by atoms with E-state index < -0.39 is 10.0 Å². The quantitative estimate of drug-likeness (QED) is 0.699. The fourth-order valence-corrected chi connectivity index (χ4v) is 5.01. The molecule has 0 aliphatic carbocycles. The van der Waals surface area contributed by atoms with Gasteiger partial charge in [-0.3, -0.25) is 0 Å². The van der Waals surface area contributed by atoms with Gasteiger partial charge in [-0.05, 0) is 36.1 Å². The van der Waals surface area contributed by atoms with E-state index >= 15 is 0 Å². The average molecular weight is 370 g/mol. The predicted octanol–water partition coefficient (Wildman–Crippen LogP) is 3.10. The summed E-state index contributed by atoms with van der Waals surface area (Å²) in [6, 6.07) is 15.5. The van der Waals surface area contributed by atoms with Crippen molar-refractivity contribution in [3.63, 3.8) is 0 Å². The standard InChI is InChI=1S/C19H22N4O2S/c24-26(25,23-11-5-6-12-23)14-16-8-2-1-7-15(16)13-20-19-21-17-9-3-4-10-18(17)22-19/h1-4,7-10H,5-6,11-14H2,(H2,20,21,22). The first kappa shape index (κ1) is 17.1. The minimum absolute atomic E-state index is 0.0466. The smallest absolute Gasteiger partial charge is 0.218 e. The Morgan fingerprint density at radius 3 is 2.46 bits per heavy atom. The summed E-state index contributed by atoms with van der Waals surface area (Å²) >= 11 is 0. The number of hydrogen-bond acceptors (Lipinski definition) is 4. The maximum atomic E-state index is 12.6. The molecule has 0 saturated carbocycles. The number of aromatic nitrogens is 2. The highest BCUT2D eigenvalue weighted by molar-refractivity contribution is 7.88. The fourth-order valence-electron chi connectivity index (χ4n) is 3.34. The van der Waals surface area contributed by atoms with Crippen LogP contribution in [-0.2, 0) is 22.3 Å². The van der Waals surface area contributed by atoms with Gasteiger partial charge in [0.1, 0.15) is 0 Å². The molecule has 2 N–H and O–H groups in total. The van der Waals surface area contributed by atoms with Crippen LogP contribution in [0.15, 0.2) is 48.5 Å². The minimum atomic E-state index is -3.26. The van der Waals surface area contributed by atoms with E-state index in [0.717, 1.165) is 35.0 Å². The van der Waals surface area contributed by atoms with Crippen LogP contribution < -0.4 is 5.32 Å². The second-order valence-corrected chi connectivity index (χ2v) is 8.56. The van der Waals surface area contributed by atoms with Crippen molar-refractivity contribution in [2.24, 2.45) is 0 Å². The average Bonchev–Trinajstić information content (AvgIpc) is 3.30. The van der Waals surface area contributed by atoms with E-state index in [-0.39, 0.29) is 5.75 Å². The summed E-state index contributed by atoms with van der Waals surface area (Å²) in [7, 11) is -3.26. The summed E-state index contributed by atoms with van der Waals surface area (Å²) in [5.74, 6) is 0.730. The summed E-state index contributed by atoms with van der Waals surface area (Å²) < 4.78 is 26.9. The van der Waals surface area contributed by atoms with Crippen LogP contribution in [0.4, 0.5) is 5.95 Å². The van der Waals surface area contributed by atoms with Gasteiger partial charge in [0.15, 0.2) is 0 Å². The SMILES string of the molecule is O=S(=O)(Cc1ccccc1CNc1nc2ccccc2[nH]1)N1CCCC1. The molecule has 2 heterocycles. The Hall–Kier alpha value is -2.38. The van der Waals surface area contributed by atoms with Crippen LogP contribution in [0, 0.1) is 0 Å². The number of nitrogens with one attached hydrogen (secondary N) is 2. The monoisotopic (exact) mass is 370 g/mol. The number of hydrogen-bond donors (Lipinski definition) is 2. The van der Waals surface area contributed by atoms with Crippen LogP contribution in [0.3, 0.4) is 0 Å². The highest BCUT2D eigenvalue weighted by Crippen LogP contribution is 2.20. The Bertz CT molecular complexity index is 974. The van der Waals surface area contributed by atoms with Gasteiger partial charge in [0, 0.05) is 19.6 Å². The second-order valence-electron chi connectivity index (χ2n) is 6.59. The summed E-state index contributed by atoms with van der Waals surface area (Å²) in [5, 5.41) is 3.27. The van der Waals surface area contributed by atoms with Gasteiger partial charge >= 0.3 is 0 Å². The van der Waals surface area contributed by atoms with Crippen LogP contribution in [0.5, 0.6) is 0 Å². The lowest BCUT2D eigenvalue weighted by molar-refractivity contribution is 0.476. The van der Waals surface area contributed by atoms with E-state index in [1.807, 2.05) is 48.5 Å². The van der Waals surface area contributed by atoms with Crippen LogP contribution in [-0.4, -0.2) is 35.8 Å². The molecule has 1 saturated heterocycles. The number of aromatic amines is 1. The lowest BCUT2D eigenvalue weighted by Crippen LogP contribution is -2.29. The Kier molecular flexibility index (Phi) is 4.65. The van der Waals surface area contributed by atoms with Crippen molar-refractivity contribution in [2.75, 3.05) is 18.4 Å². The molecule has 26 heavy (non-hydrogen) atoms. The van der Waals surface area contributed by atoms with Crippen molar-refractivity contribution in [3.05, 3.63) is 59.7 Å². The maximum absolute atomic E-state index is 12.6. The molecular formula is C19H22N4O2S. The van der Waals surface area contributed by atoms with Crippen LogP contribution in [0.25, 0.3) is 11.0 Å². The van der Waals surface area contributed by atoms with Gasteiger partial charge in [-0.25, -0.2) is 17.7 Å². The number of H-pyrrole nitrogens is 1. The summed E-state index contributed by atoms with van der Waals surface area (Å²) in [6.45, 7) is 1.80. The molecule has 1 aliphatic heterocycles. The molecule has 6 nitrogen and oxygen atoms in total. The largest absolute Gasteiger partial charge is 0.352 e. The summed E-state index contributed by atoms with van der Waals surface area (Å²) in [4.78, 5) is 7.73. The van der Waals surface area contributed by atoms with E-state index in [2.05, 4.69) is 15.3 Å². The molecule has 0 atom stereocenters. The van der Waals surface area contributed by atoms with Gasteiger partial charge in [0.05, 0.1) is 16.8 Å². The van der Waals surface area contributed by atoms with Crippen molar-refractivity contribution in [1.29, 1.82) is 0 Å². The number of anilines is 1. The minimum Gasteiger partial charge on any atom is -0.352 e. The number of benzene rings is 2. The molecular weight excluding hydrogens is 348 g/mol. The summed E-state index contributed by atoms with van der Waals surface area (Å²) in [5.41, 5.74) is 3.68. The van der Waals surface area contributed by atoms with Gasteiger partial charge in [-0.2, -0.15) is 0 Å². The molecule has 2 aromatic carbocycles. The Morgan fingerprint density at radius 2 is 1.69 bits per heavy atom. The van der Waals surface area contributed by atoms with Crippen LogP contribution >= 0.6 is 0 Å². The van der Waals surface area contributed by atoms with Gasteiger partial charge < -0.3 is 10.3 Å². The summed E-state index contributed by atoms with van der Waals surface area (Å²) in [6.07, 6.45) is 1.91. The van der Waals surface area contributed by atoms with Gasteiger partial charge in [-0.1, -0.05) is 36.4 Å². The Labute approximate surface area is 153 Å². The van der Waals surface area contributed by atoms with Crippen molar-refractivity contribution >= 4 is 27.0 Å².